The summed E-state index contributed by atoms with van der Waals surface area (Å²) in [4.78, 5) is 24.5. The molecule has 0 N–H and O–H groups in total. The van der Waals surface area contributed by atoms with Gasteiger partial charge in [-0.2, -0.15) is 0 Å². The first kappa shape index (κ1) is 16.7. The van der Waals surface area contributed by atoms with Gasteiger partial charge < -0.3 is 9.30 Å². The van der Waals surface area contributed by atoms with Crippen LogP contribution in [0.4, 0.5) is 4.39 Å². The zero-order valence-electron chi connectivity index (χ0n) is 12.9. The van der Waals surface area contributed by atoms with E-state index in [9.17, 15) is 14.0 Å². The zero-order chi connectivity index (χ0) is 16.7. The molecule has 0 atom stereocenters. The first-order valence-electron chi connectivity index (χ1n) is 6.88. The van der Waals surface area contributed by atoms with Crippen molar-refractivity contribution in [3.63, 3.8) is 0 Å². The van der Waals surface area contributed by atoms with Crippen LogP contribution in [0.3, 0.4) is 0 Å². The van der Waals surface area contributed by atoms with Gasteiger partial charge >= 0.3 is 5.97 Å². The average Bonchev–Trinajstić information content (AvgIpc) is 2.40. The van der Waals surface area contributed by atoms with Crippen molar-refractivity contribution in [2.45, 2.75) is 33.2 Å². The van der Waals surface area contributed by atoms with Crippen LogP contribution in [0.5, 0.6) is 0 Å². The van der Waals surface area contributed by atoms with Crippen LogP contribution in [0, 0.1) is 5.82 Å². The van der Waals surface area contributed by atoms with E-state index in [1.807, 2.05) is 20.8 Å². The minimum atomic E-state index is -0.698. The zero-order valence-corrected chi connectivity index (χ0v) is 14.5. The summed E-state index contributed by atoms with van der Waals surface area (Å²) in [5, 5.41) is 0.154. The number of ether oxygens (including phenoxy) is 1. The Morgan fingerprint density at radius 2 is 2.00 bits per heavy atom. The highest BCUT2D eigenvalue weighted by atomic mass is 79.9. The number of halogens is 2. The highest BCUT2D eigenvalue weighted by Crippen LogP contribution is 2.26. The molecule has 1 heterocycles. The molecule has 0 saturated carbocycles. The van der Waals surface area contributed by atoms with E-state index in [0.717, 1.165) is 6.07 Å². The van der Waals surface area contributed by atoms with Crippen molar-refractivity contribution in [2.24, 2.45) is 0 Å². The quantitative estimate of drug-likeness (QED) is 0.755. The van der Waals surface area contributed by atoms with Crippen LogP contribution in [0.15, 0.2) is 27.6 Å². The lowest BCUT2D eigenvalue weighted by atomic mass is 10.0. The molecule has 1 aromatic heterocycles. The van der Waals surface area contributed by atoms with Crippen molar-refractivity contribution < 1.29 is 13.9 Å². The summed E-state index contributed by atoms with van der Waals surface area (Å²) >= 11 is 3.13. The Morgan fingerprint density at radius 1 is 1.36 bits per heavy atom. The van der Waals surface area contributed by atoms with Crippen LogP contribution < -0.4 is 5.43 Å². The number of pyridine rings is 1. The maximum absolute atomic E-state index is 13.8. The molecule has 22 heavy (non-hydrogen) atoms. The standard InChI is InChI=1S/C16H17BrFNO3/c1-5-22-15(21)10-8-19(16(2,3)4)13-7-11(17)12(18)6-9(13)14(10)20/h6-8H,5H2,1-4H3. The molecule has 4 nitrogen and oxygen atoms in total. The summed E-state index contributed by atoms with van der Waals surface area (Å²) in [5.74, 6) is -1.25. The van der Waals surface area contributed by atoms with E-state index in [4.69, 9.17) is 4.74 Å². The van der Waals surface area contributed by atoms with Gasteiger partial charge in [-0.3, -0.25) is 4.79 Å². The molecular formula is C16H17BrFNO3. The Labute approximate surface area is 136 Å². The third kappa shape index (κ3) is 2.92. The Balaban J connectivity index is 2.92. The maximum Gasteiger partial charge on any atom is 0.343 e. The summed E-state index contributed by atoms with van der Waals surface area (Å²) in [5.41, 5.74) is -0.463. The molecule has 0 aliphatic carbocycles. The molecule has 0 aliphatic heterocycles. The summed E-state index contributed by atoms with van der Waals surface area (Å²) < 4.78 is 20.8. The third-order valence-corrected chi connectivity index (χ3v) is 3.87. The molecule has 2 aromatic rings. The van der Waals surface area contributed by atoms with Crippen molar-refractivity contribution >= 4 is 32.8 Å². The highest BCUT2D eigenvalue weighted by Gasteiger charge is 2.22. The number of hydrogen-bond donors (Lipinski definition) is 0. The predicted molar refractivity (Wildman–Crippen MR) is 86.8 cm³/mol. The summed E-state index contributed by atoms with van der Waals surface area (Å²) in [6.07, 6.45) is 1.48. The van der Waals surface area contributed by atoms with Gasteiger partial charge in [-0.05, 0) is 55.8 Å². The molecule has 2 rings (SSSR count). The van der Waals surface area contributed by atoms with Gasteiger partial charge in [0.15, 0.2) is 0 Å². The van der Waals surface area contributed by atoms with E-state index in [1.165, 1.54) is 6.20 Å². The Hall–Kier alpha value is -1.69. The minimum Gasteiger partial charge on any atom is -0.462 e. The largest absolute Gasteiger partial charge is 0.462 e. The summed E-state index contributed by atoms with van der Waals surface area (Å²) in [6.45, 7) is 7.63. The fourth-order valence-electron chi connectivity index (χ4n) is 2.23. The predicted octanol–water partition coefficient (Wildman–Crippen LogP) is 3.83. The molecule has 0 unspecified atom stereocenters. The normalized spacial score (nSPS) is 11.7. The molecule has 0 bridgehead atoms. The molecule has 0 amide bonds. The third-order valence-electron chi connectivity index (χ3n) is 3.26. The average molecular weight is 370 g/mol. The number of nitrogens with zero attached hydrogens (tertiary/aromatic N) is 1. The van der Waals surface area contributed by atoms with Crippen molar-refractivity contribution in [3.05, 3.63) is 44.4 Å². The van der Waals surface area contributed by atoms with E-state index in [2.05, 4.69) is 15.9 Å². The first-order chi connectivity index (χ1) is 10.2. The molecule has 0 aliphatic rings. The van der Waals surface area contributed by atoms with Crippen LogP contribution in [-0.4, -0.2) is 17.1 Å². The number of esters is 1. The molecule has 0 saturated heterocycles. The molecule has 1 aromatic carbocycles. The van der Waals surface area contributed by atoms with Crippen molar-refractivity contribution in [3.8, 4) is 0 Å². The SMILES string of the molecule is CCOC(=O)c1cn(C(C)(C)C)c2cc(Br)c(F)cc2c1=O. The van der Waals surface area contributed by atoms with Crippen molar-refractivity contribution in [1.29, 1.82) is 0 Å². The Kier molecular flexibility index (Phi) is 4.42. The Morgan fingerprint density at radius 3 is 2.55 bits per heavy atom. The van der Waals surface area contributed by atoms with E-state index in [-0.39, 0.29) is 22.0 Å². The van der Waals surface area contributed by atoms with Crippen LogP contribution in [0.25, 0.3) is 10.9 Å². The number of carbonyl (C=O) groups excluding carboxylic acids is 1. The summed E-state index contributed by atoms with van der Waals surface area (Å²) in [6, 6.07) is 2.69. The highest BCUT2D eigenvalue weighted by molar-refractivity contribution is 9.10. The van der Waals surface area contributed by atoms with Gasteiger partial charge in [0.05, 0.1) is 16.6 Å². The lowest BCUT2D eigenvalue weighted by Crippen LogP contribution is -2.28. The number of carbonyl (C=O) groups is 1. The molecule has 118 valence electrons. The second-order valence-corrected chi connectivity index (χ2v) is 6.77. The smallest absolute Gasteiger partial charge is 0.343 e. The lowest BCUT2D eigenvalue weighted by Gasteiger charge is -2.26. The van der Waals surface area contributed by atoms with E-state index in [1.54, 1.807) is 17.6 Å². The van der Waals surface area contributed by atoms with Crippen molar-refractivity contribution in [2.75, 3.05) is 6.61 Å². The second-order valence-electron chi connectivity index (χ2n) is 5.92. The number of benzene rings is 1. The van der Waals surface area contributed by atoms with Gasteiger partial charge in [0.1, 0.15) is 11.4 Å². The van der Waals surface area contributed by atoms with Gasteiger partial charge in [-0.25, -0.2) is 9.18 Å². The second kappa shape index (κ2) is 5.83. The van der Waals surface area contributed by atoms with Crippen LogP contribution in [0.2, 0.25) is 0 Å². The van der Waals surface area contributed by atoms with E-state index >= 15 is 0 Å². The Bertz CT molecular complexity index is 806. The molecular weight excluding hydrogens is 353 g/mol. The number of hydrogen-bond acceptors (Lipinski definition) is 3. The fourth-order valence-corrected chi connectivity index (χ4v) is 2.56. The molecule has 0 fully saturated rings. The van der Waals surface area contributed by atoms with Gasteiger partial charge in [0, 0.05) is 17.1 Å². The van der Waals surface area contributed by atoms with Gasteiger partial charge in [0.2, 0.25) is 5.43 Å². The number of rotatable bonds is 2. The van der Waals surface area contributed by atoms with E-state index in [0.29, 0.717) is 5.52 Å². The van der Waals surface area contributed by atoms with Gasteiger partial charge in [-0.1, -0.05) is 0 Å². The number of aromatic nitrogens is 1. The first-order valence-corrected chi connectivity index (χ1v) is 7.68. The van der Waals surface area contributed by atoms with Crippen molar-refractivity contribution in [1.82, 2.24) is 4.57 Å². The van der Waals surface area contributed by atoms with E-state index < -0.39 is 22.8 Å². The minimum absolute atomic E-state index is 0.0917. The van der Waals surface area contributed by atoms with Crippen LogP contribution in [0.1, 0.15) is 38.1 Å². The molecule has 6 heteroatoms. The monoisotopic (exact) mass is 369 g/mol. The lowest BCUT2D eigenvalue weighted by molar-refractivity contribution is 0.0524. The van der Waals surface area contributed by atoms with Gasteiger partial charge in [0.25, 0.3) is 0 Å². The summed E-state index contributed by atoms with van der Waals surface area (Å²) in [7, 11) is 0. The van der Waals surface area contributed by atoms with Crippen LogP contribution >= 0.6 is 15.9 Å². The fraction of sp³-hybridized carbons (Fsp3) is 0.375. The topological polar surface area (TPSA) is 48.3 Å². The van der Waals surface area contributed by atoms with Gasteiger partial charge in [-0.15, -0.1) is 0 Å². The number of fused-ring (bicyclic) bond motifs is 1. The van der Waals surface area contributed by atoms with Crippen LogP contribution in [-0.2, 0) is 10.3 Å². The molecule has 0 spiro atoms. The molecule has 0 radical (unpaired) electrons. The maximum atomic E-state index is 13.8.